The van der Waals surface area contributed by atoms with E-state index in [1.807, 2.05) is 37.3 Å². The molecule has 0 aromatic heterocycles. The molecular formula is C21H29Cl2N3O2. The molecule has 154 valence electrons. The van der Waals surface area contributed by atoms with E-state index in [1.54, 1.807) is 12.1 Å². The number of carbonyl (C=O) groups is 1. The SMILES string of the molecule is Cc1cc(NC(=O)Cc2ccc(N)cc2)ccc1OCCN1CCCC1.Cl.Cl. The van der Waals surface area contributed by atoms with E-state index in [2.05, 4.69) is 10.2 Å². The third-order valence-corrected chi connectivity index (χ3v) is 4.67. The summed E-state index contributed by atoms with van der Waals surface area (Å²) in [4.78, 5) is 14.6. The molecule has 2 aromatic carbocycles. The lowest BCUT2D eigenvalue weighted by Crippen LogP contribution is -2.25. The van der Waals surface area contributed by atoms with Gasteiger partial charge in [-0.25, -0.2) is 0 Å². The van der Waals surface area contributed by atoms with Gasteiger partial charge in [0.2, 0.25) is 5.91 Å². The average molecular weight is 426 g/mol. The number of hydrogen-bond donors (Lipinski definition) is 2. The van der Waals surface area contributed by atoms with Gasteiger partial charge in [0, 0.05) is 17.9 Å². The molecule has 2 aromatic rings. The van der Waals surface area contributed by atoms with E-state index in [-0.39, 0.29) is 30.7 Å². The Morgan fingerprint density at radius 1 is 1.11 bits per heavy atom. The minimum Gasteiger partial charge on any atom is -0.492 e. The number of likely N-dealkylation sites (tertiary alicyclic amines) is 1. The van der Waals surface area contributed by atoms with Crippen LogP contribution >= 0.6 is 24.8 Å². The van der Waals surface area contributed by atoms with Gasteiger partial charge in [-0.1, -0.05) is 12.1 Å². The molecule has 28 heavy (non-hydrogen) atoms. The summed E-state index contributed by atoms with van der Waals surface area (Å²) in [6.07, 6.45) is 2.92. The lowest BCUT2D eigenvalue weighted by Gasteiger charge is -2.16. The van der Waals surface area contributed by atoms with E-state index in [0.29, 0.717) is 18.7 Å². The molecule has 0 atom stereocenters. The number of aryl methyl sites for hydroxylation is 1. The molecule has 1 aliphatic rings. The Morgan fingerprint density at radius 3 is 2.43 bits per heavy atom. The smallest absolute Gasteiger partial charge is 0.228 e. The number of anilines is 2. The highest BCUT2D eigenvalue weighted by Crippen LogP contribution is 2.22. The summed E-state index contributed by atoms with van der Waals surface area (Å²) in [5.41, 5.74) is 9.12. The molecule has 0 radical (unpaired) electrons. The standard InChI is InChI=1S/C21H27N3O2.2ClH/c1-16-14-19(23-21(25)15-17-4-6-18(22)7-5-17)8-9-20(16)26-13-12-24-10-2-3-11-24;;/h4-9,14H,2-3,10-13,15,22H2,1H3,(H,23,25);2*1H. The average Bonchev–Trinajstić information content (AvgIpc) is 3.12. The second-order valence-corrected chi connectivity index (χ2v) is 6.84. The first-order valence-corrected chi connectivity index (χ1v) is 9.20. The molecule has 3 rings (SSSR count). The van der Waals surface area contributed by atoms with E-state index in [1.165, 1.54) is 25.9 Å². The molecule has 0 saturated carbocycles. The van der Waals surface area contributed by atoms with Crippen molar-refractivity contribution in [2.45, 2.75) is 26.2 Å². The highest BCUT2D eigenvalue weighted by molar-refractivity contribution is 5.92. The Kier molecular flexibility index (Phi) is 10.1. The number of rotatable bonds is 7. The fraction of sp³-hybridized carbons (Fsp3) is 0.381. The molecular weight excluding hydrogens is 397 g/mol. The molecule has 1 aliphatic heterocycles. The van der Waals surface area contributed by atoms with Crippen molar-refractivity contribution < 1.29 is 9.53 Å². The molecule has 1 fully saturated rings. The summed E-state index contributed by atoms with van der Waals surface area (Å²) < 4.78 is 5.90. The van der Waals surface area contributed by atoms with E-state index in [0.717, 1.165) is 29.1 Å². The normalized spacial score (nSPS) is 13.3. The maximum Gasteiger partial charge on any atom is 0.228 e. The summed E-state index contributed by atoms with van der Waals surface area (Å²) in [7, 11) is 0. The Hall–Kier alpha value is -1.95. The van der Waals surface area contributed by atoms with Gasteiger partial charge in [0.15, 0.2) is 0 Å². The summed E-state index contributed by atoms with van der Waals surface area (Å²) in [5.74, 6) is 0.831. The van der Waals surface area contributed by atoms with Crippen LogP contribution in [0, 0.1) is 6.92 Å². The Morgan fingerprint density at radius 2 is 1.79 bits per heavy atom. The Balaban J connectivity index is 0.00000196. The number of carbonyl (C=O) groups excluding carboxylic acids is 1. The van der Waals surface area contributed by atoms with Crippen LogP contribution in [-0.2, 0) is 11.2 Å². The topological polar surface area (TPSA) is 67.6 Å². The number of benzene rings is 2. The number of hydrogen-bond acceptors (Lipinski definition) is 4. The van der Waals surface area contributed by atoms with Crippen molar-refractivity contribution in [3.05, 3.63) is 53.6 Å². The van der Waals surface area contributed by atoms with Crippen molar-refractivity contribution in [1.29, 1.82) is 0 Å². The maximum absolute atomic E-state index is 12.2. The van der Waals surface area contributed by atoms with Crippen molar-refractivity contribution in [1.82, 2.24) is 4.90 Å². The second-order valence-electron chi connectivity index (χ2n) is 6.84. The van der Waals surface area contributed by atoms with Gasteiger partial charge in [0.1, 0.15) is 12.4 Å². The van der Waals surface area contributed by atoms with Gasteiger partial charge >= 0.3 is 0 Å². The molecule has 5 nitrogen and oxygen atoms in total. The Labute approximate surface area is 179 Å². The quantitative estimate of drug-likeness (QED) is 0.655. The number of amides is 1. The van der Waals surface area contributed by atoms with Crippen LogP contribution < -0.4 is 15.8 Å². The van der Waals surface area contributed by atoms with Gasteiger partial charge in [0.25, 0.3) is 0 Å². The first-order valence-electron chi connectivity index (χ1n) is 9.20. The Bertz CT molecular complexity index is 748. The predicted molar refractivity (Wildman–Crippen MR) is 120 cm³/mol. The van der Waals surface area contributed by atoms with Crippen LogP contribution in [0.4, 0.5) is 11.4 Å². The lowest BCUT2D eigenvalue weighted by atomic mass is 10.1. The molecule has 0 aliphatic carbocycles. The first kappa shape index (κ1) is 24.1. The highest BCUT2D eigenvalue weighted by Gasteiger charge is 2.11. The zero-order chi connectivity index (χ0) is 18.4. The number of nitrogen functional groups attached to an aromatic ring is 1. The van der Waals surface area contributed by atoms with Crippen molar-refractivity contribution in [3.63, 3.8) is 0 Å². The van der Waals surface area contributed by atoms with Crippen molar-refractivity contribution in [2.75, 3.05) is 37.3 Å². The van der Waals surface area contributed by atoms with Gasteiger partial charge in [-0.15, -0.1) is 24.8 Å². The van der Waals surface area contributed by atoms with Crippen LogP contribution in [0.1, 0.15) is 24.0 Å². The zero-order valence-corrected chi connectivity index (χ0v) is 17.8. The number of nitrogens with two attached hydrogens (primary N) is 1. The molecule has 0 spiro atoms. The van der Waals surface area contributed by atoms with Crippen LogP contribution in [0.2, 0.25) is 0 Å². The molecule has 1 heterocycles. The molecule has 1 saturated heterocycles. The fourth-order valence-electron chi connectivity index (χ4n) is 3.21. The van der Waals surface area contributed by atoms with Gasteiger partial charge in [-0.2, -0.15) is 0 Å². The molecule has 0 unspecified atom stereocenters. The van der Waals surface area contributed by atoms with Gasteiger partial charge in [-0.3, -0.25) is 9.69 Å². The van der Waals surface area contributed by atoms with E-state index in [4.69, 9.17) is 10.5 Å². The number of halogens is 2. The van der Waals surface area contributed by atoms with E-state index in [9.17, 15) is 4.79 Å². The maximum atomic E-state index is 12.2. The van der Waals surface area contributed by atoms with Crippen LogP contribution in [0.5, 0.6) is 5.75 Å². The monoisotopic (exact) mass is 425 g/mol. The third kappa shape index (κ3) is 7.23. The van der Waals surface area contributed by atoms with Crippen LogP contribution in [0.15, 0.2) is 42.5 Å². The number of ether oxygens (including phenoxy) is 1. The van der Waals surface area contributed by atoms with Crippen molar-refractivity contribution >= 4 is 42.1 Å². The summed E-state index contributed by atoms with van der Waals surface area (Å²) >= 11 is 0. The van der Waals surface area contributed by atoms with Crippen molar-refractivity contribution in [2.24, 2.45) is 0 Å². The van der Waals surface area contributed by atoms with E-state index >= 15 is 0 Å². The summed E-state index contributed by atoms with van der Waals surface area (Å²) in [6.45, 7) is 6.03. The van der Waals surface area contributed by atoms with Crippen LogP contribution in [0.25, 0.3) is 0 Å². The number of nitrogens with zero attached hydrogens (tertiary/aromatic N) is 1. The van der Waals surface area contributed by atoms with Gasteiger partial charge in [0.05, 0.1) is 6.42 Å². The van der Waals surface area contributed by atoms with E-state index < -0.39 is 0 Å². The van der Waals surface area contributed by atoms with Crippen LogP contribution in [0.3, 0.4) is 0 Å². The van der Waals surface area contributed by atoms with Crippen LogP contribution in [-0.4, -0.2) is 37.0 Å². The minimum atomic E-state index is -0.0446. The lowest BCUT2D eigenvalue weighted by molar-refractivity contribution is -0.115. The summed E-state index contributed by atoms with van der Waals surface area (Å²) in [5, 5.41) is 2.94. The fourth-order valence-corrected chi connectivity index (χ4v) is 3.21. The van der Waals surface area contributed by atoms with Gasteiger partial charge < -0.3 is 15.8 Å². The molecule has 0 bridgehead atoms. The third-order valence-electron chi connectivity index (χ3n) is 4.67. The van der Waals surface area contributed by atoms with Gasteiger partial charge in [-0.05, 0) is 74.3 Å². The molecule has 3 N–H and O–H groups in total. The minimum absolute atomic E-state index is 0. The summed E-state index contributed by atoms with van der Waals surface area (Å²) in [6, 6.07) is 13.1. The predicted octanol–water partition coefficient (Wildman–Crippen LogP) is 4.08. The number of nitrogens with one attached hydrogen (secondary N) is 1. The second kappa shape index (κ2) is 11.8. The molecule has 1 amide bonds. The first-order chi connectivity index (χ1) is 12.6. The van der Waals surface area contributed by atoms with Crippen molar-refractivity contribution in [3.8, 4) is 5.75 Å². The highest BCUT2D eigenvalue weighted by atomic mass is 35.5. The largest absolute Gasteiger partial charge is 0.492 e. The zero-order valence-electron chi connectivity index (χ0n) is 16.1. The molecule has 7 heteroatoms.